The zero-order chi connectivity index (χ0) is 34.3. The van der Waals surface area contributed by atoms with E-state index in [1.807, 2.05) is 121 Å². The van der Waals surface area contributed by atoms with Crippen LogP contribution in [0.4, 0.5) is 20.7 Å². The summed E-state index contributed by atoms with van der Waals surface area (Å²) in [5, 5.41) is 10.6. The van der Waals surface area contributed by atoms with Gasteiger partial charge in [0.1, 0.15) is 25.3 Å². The molecule has 0 saturated carbocycles. The van der Waals surface area contributed by atoms with Gasteiger partial charge in [0.2, 0.25) is 22.9 Å². The van der Waals surface area contributed by atoms with E-state index in [0.717, 1.165) is 33.8 Å². The number of carbonyl (C=O) groups is 4. The second-order valence-electron chi connectivity index (χ2n) is 10.8. The molecule has 0 saturated heterocycles. The second-order valence-corrected chi connectivity index (χ2v) is 11.6. The summed E-state index contributed by atoms with van der Waals surface area (Å²) in [5.41, 5.74) is 3.23. The van der Waals surface area contributed by atoms with Gasteiger partial charge in [-0.3, -0.25) is 20.2 Å². The predicted molar refractivity (Wildman–Crippen MR) is 185 cm³/mol. The van der Waals surface area contributed by atoms with E-state index in [0.29, 0.717) is 0 Å². The molecule has 1 aromatic heterocycles. The number of hydrogen-bond acceptors (Lipinski definition) is 9. The molecule has 5 rings (SSSR count). The largest absolute Gasteiger partial charge is 0.445 e. The van der Waals surface area contributed by atoms with Crippen molar-refractivity contribution in [3.63, 3.8) is 0 Å². The van der Waals surface area contributed by atoms with Crippen molar-refractivity contribution in [2.45, 2.75) is 38.1 Å². The van der Waals surface area contributed by atoms with Crippen LogP contribution in [0, 0.1) is 0 Å². The summed E-state index contributed by atoms with van der Waals surface area (Å²) in [6.45, 7) is 0.0740. The van der Waals surface area contributed by atoms with Gasteiger partial charge in [-0.2, -0.15) is 9.36 Å². The normalized spacial score (nSPS) is 11.8. The Morgan fingerprint density at radius 1 is 0.551 bits per heavy atom. The van der Waals surface area contributed by atoms with Crippen LogP contribution in [0.2, 0.25) is 0 Å². The number of nitrogens with zero attached hydrogens (tertiary/aromatic N) is 2. The molecule has 0 unspecified atom stereocenters. The summed E-state index contributed by atoms with van der Waals surface area (Å²) in [5.74, 6) is -1.21. The molecule has 2 atom stereocenters. The average Bonchev–Trinajstić information content (AvgIpc) is 3.57. The maximum atomic E-state index is 13.4. The van der Waals surface area contributed by atoms with Crippen molar-refractivity contribution >= 4 is 46.6 Å². The first-order chi connectivity index (χ1) is 23.9. The number of ether oxygens (including phenoxy) is 2. The lowest BCUT2D eigenvalue weighted by atomic mass is 10.1. The maximum absolute atomic E-state index is 13.4. The van der Waals surface area contributed by atoms with Crippen LogP contribution >= 0.6 is 11.5 Å². The third-order valence-electron chi connectivity index (χ3n) is 7.10. The number of anilines is 2. The minimum Gasteiger partial charge on any atom is -0.445 e. The third-order valence-corrected chi connectivity index (χ3v) is 7.73. The van der Waals surface area contributed by atoms with E-state index >= 15 is 0 Å². The number of carbonyl (C=O) groups excluding carboxylic acids is 4. The smallest absolute Gasteiger partial charge is 0.408 e. The Kier molecular flexibility index (Phi) is 12.4. The molecule has 0 radical (unpaired) electrons. The number of alkyl carbamates (subject to hydrolysis) is 2. The fourth-order valence-electron chi connectivity index (χ4n) is 4.65. The third kappa shape index (κ3) is 11.3. The van der Waals surface area contributed by atoms with E-state index in [9.17, 15) is 19.2 Å². The molecule has 12 nitrogen and oxygen atoms in total. The molecule has 49 heavy (non-hydrogen) atoms. The first-order valence-corrected chi connectivity index (χ1v) is 16.2. The minimum absolute atomic E-state index is 0.0356. The van der Waals surface area contributed by atoms with Crippen LogP contribution in [0.25, 0.3) is 0 Å². The molecule has 0 fully saturated rings. The second kappa shape index (κ2) is 17.7. The molecule has 250 valence electrons. The van der Waals surface area contributed by atoms with Gasteiger partial charge in [0.05, 0.1) is 0 Å². The monoisotopic (exact) mass is 678 g/mol. The average molecular weight is 679 g/mol. The van der Waals surface area contributed by atoms with Crippen molar-refractivity contribution in [3.05, 3.63) is 144 Å². The molecule has 4 aromatic carbocycles. The number of benzene rings is 4. The van der Waals surface area contributed by atoms with Crippen molar-refractivity contribution in [1.82, 2.24) is 20.0 Å². The van der Waals surface area contributed by atoms with Gasteiger partial charge in [-0.1, -0.05) is 121 Å². The number of hydrogen-bond donors (Lipinski definition) is 4. The van der Waals surface area contributed by atoms with Crippen molar-refractivity contribution in [3.8, 4) is 0 Å². The van der Waals surface area contributed by atoms with Crippen LogP contribution in [-0.4, -0.2) is 45.4 Å². The molecule has 13 heteroatoms. The Morgan fingerprint density at radius 2 is 0.939 bits per heavy atom. The number of aromatic nitrogens is 2. The fourth-order valence-corrected chi connectivity index (χ4v) is 5.18. The summed E-state index contributed by atoms with van der Waals surface area (Å²) < 4.78 is 14.8. The summed E-state index contributed by atoms with van der Waals surface area (Å²) in [4.78, 5) is 56.3. The molecule has 0 aliphatic rings. The topological polar surface area (TPSA) is 161 Å². The van der Waals surface area contributed by atoms with E-state index in [1.54, 1.807) is 0 Å². The van der Waals surface area contributed by atoms with E-state index in [-0.39, 0.29) is 37.1 Å². The Labute approximate surface area is 287 Å². The van der Waals surface area contributed by atoms with Crippen LogP contribution in [0.5, 0.6) is 0 Å². The van der Waals surface area contributed by atoms with Gasteiger partial charge in [0.15, 0.2) is 0 Å². The Morgan fingerprint density at radius 3 is 1.37 bits per heavy atom. The molecule has 1 heterocycles. The molecule has 0 bridgehead atoms. The van der Waals surface area contributed by atoms with Gasteiger partial charge >= 0.3 is 12.2 Å². The van der Waals surface area contributed by atoms with Gasteiger partial charge in [-0.15, -0.1) is 0 Å². The van der Waals surface area contributed by atoms with E-state index in [2.05, 4.69) is 30.6 Å². The highest BCUT2D eigenvalue weighted by molar-refractivity contribution is 7.10. The summed E-state index contributed by atoms with van der Waals surface area (Å²) in [6.07, 6.45) is -1.17. The number of amides is 4. The zero-order valence-corrected chi connectivity index (χ0v) is 27.1. The SMILES string of the molecule is O=C(N[C@@H](Cc1ccccc1)C(=O)Nc1nsc(NC(=O)[C@@H](Cc2ccccc2)NC(=O)OCc2ccccc2)n1)OCc1ccccc1. The van der Waals surface area contributed by atoms with Crippen LogP contribution in [-0.2, 0) is 45.1 Å². The van der Waals surface area contributed by atoms with Crippen molar-refractivity contribution < 1.29 is 28.7 Å². The zero-order valence-electron chi connectivity index (χ0n) is 26.3. The lowest BCUT2D eigenvalue weighted by Crippen LogP contribution is -2.45. The highest BCUT2D eigenvalue weighted by Gasteiger charge is 2.26. The quantitative estimate of drug-likeness (QED) is 0.120. The molecule has 4 amide bonds. The standard InChI is InChI=1S/C36H34N6O6S/c43-31(29(21-25-13-5-1-6-14-25)37-35(45)47-23-27-17-9-3-10-18-27)39-33-41-34(49-42-33)40-32(44)30(22-26-15-7-2-8-16-26)38-36(46)48-24-28-19-11-4-12-20-28/h1-20,29-30H,21-24H2,(H,37,45)(H,38,46)(H2,39,40,41,42,43,44)/t29-,30+/m0/s1. The van der Waals surface area contributed by atoms with Crippen LogP contribution in [0.3, 0.4) is 0 Å². The molecular weight excluding hydrogens is 644 g/mol. The summed E-state index contributed by atoms with van der Waals surface area (Å²) >= 11 is 0.842. The number of nitrogens with one attached hydrogen (secondary N) is 4. The molecule has 5 aromatic rings. The van der Waals surface area contributed by atoms with Crippen molar-refractivity contribution in [1.29, 1.82) is 0 Å². The number of rotatable bonds is 14. The Balaban J connectivity index is 1.21. The highest BCUT2D eigenvalue weighted by atomic mass is 32.1. The van der Waals surface area contributed by atoms with E-state index in [4.69, 9.17) is 9.47 Å². The lowest BCUT2D eigenvalue weighted by Gasteiger charge is -2.18. The Bertz CT molecular complexity index is 1680. The maximum Gasteiger partial charge on any atom is 0.408 e. The van der Waals surface area contributed by atoms with Crippen LogP contribution in [0.15, 0.2) is 121 Å². The Hall–Kier alpha value is -6.08. The van der Waals surface area contributed by atoms with Gasteiger partial charge in [-0.25, -0.2) is 9.59 Å². The first kappa shape index (κ1) is 34.3. The van der Waals surface area contributed by atoms with Crippen molar-refractivity contribution in [2.75, 3.05) is 10.6 Å². The highest BCUT2D eigenvalue weighted by Crippen LogP contribution is 2.17. The summed E-state index contributed by atoms with van der Waals surface area (Å²) in [7, 11) is 0. The van der Waals surface area contributed by atoms with E-state index < -0.39 is 36.1 Å². The lowest BCUT2D eigenvalue weighted by molar-refractivity contribution is -0.118. The molecule has 0 aliphatic carbocycles. The van der Waals surface area contributed by atoms with Crippen LogP contribution < -0.4 is 21.3 Å². The minimum atomic E-state index is -1.02. The van der Waals surface area contributed by atoms with Gasteiger partial charge in [-0.05, 0) is 22.3 Å². The molecule has 0 spiro atoms. The van der Waals surface area contributed by atoms with Gasteiger partial charge in [0.25, 0.3) is 0 Å². The van der Waals surface area contributed by atoms with Crippen LogP contribution in [0.1, 0.15) is 22.3 Å². The van der Waals surface area contributed by atoms with E-state index in [1.165, 1.54) is 0 Å². The summed E-state index contributed by atoms with van der Waals surface area (Å²) in [6, 6.07) is 34.7. The molecule has 4 N–H and O–H groups in total. The first-order valence-electron chi connectivity index (χ1n) is 15.4. The van der Waals surface area contributed by atoms with Gasteiger partial charge in [0, 0.05) is 24.4 Å². The predicted octanol–water partition coefficient (Wildman–Crippen LogP) is 5.49. The molecular formula is C36H34N6O6S. The van der Waals surface area contributed by atoms with Gasteiger partial charge < -0.3 is 20.1 Å². The van der Waals surface area contributed by atoms with Crippen molar-refractivity contribution in [2.24, 2.45) is 0 Å². The fraction of sp³-hybridized carbons (Fsp3) is 0.167. The molecule has 0 aliphatic heterocycles.